The van der Waals surface area contributed by atoms with Crippen LogP contribution in [0.3, 0.4) is 0 Å². The van der Waals surface area contributed by atoms with E-state index in [9.17, 15) is 14.4 Å². The van der Waals surface area contributed by atoms with Crippen molar-refractivity contribution in [2.24, 2.45) is 0 Å². The molecule has 8 nitrogen and oxygen atoms in total. The summed E-state index contributed by atoms with van der Waals surface area (Å²) in [5, 5.41) is 0.836. The van der Waals surface area contributed by atoms with Crippen molar-refractivity contribution in [1.29, 1.82) is 0 Å². The van der Waals surface area contributed by atoms with Crippen LogP contribution >= 0.6 is 0 Å². The van der Waals surface area contributed by atoms with Crippen molar-refractivity contribution >= 4 is 28.4 Å². The molecule has 1 amide bonds. The van der Waals surface area contributed by atoms with Crippen molar-refractivity contribution in [2.75, 3.05) is 17.7 Å². The van der Waals surface area contributed by atoms with Crippen LogP contribution in [0.5, 0.6) is 0 Å². The van der Waals surface area contributed by atoms with E-state index in [2.05, 4.69) is 4.98 Å². The third kappa shape index (κ3) is 3.87. The van der Waals surface area contributed by atoms with Gasteiger partial charge < -0.3 is 15.1 Å². The Labute approximate surface area is 177 Å². The summed E-state index contributed by atoms with van der Waals surface area (Å²) in [6, 6.07) is 15.0. The maximum Gasteiger partial charge on any atom is 0.330 e. The normalized spacial score (nSPS) is 11.0. The van der Waals surface area contributed by atoms with Crippen molar-refractivity contribution in [1.82, 2.24) is 9.55 Å². The highest BCUT2D eigenvalue weighted by atomic mass is 16.3. The average molecular weight is 418 g/mol. The standard InChI is InChI=1S/C23H22N4O4/c1-14-8-9-17-16(13-31-18(17)10-14)11-19(28)26(2)20-21(24)27(23(30)25-22(20)29)12-15-6-4-3-5-7-15/h3-10,13H,11-12,24H2,1-2H3,(H,25,29,30). The van der Waals surface area contributed by atoms with E-state index >= 15 is 0 Å². The van der Waals surface area contributed by atoms with Gasteiger partial charge in [-0.15, -0.1) is 0 Å². The van der Waals surface area contributed by atoms with E-state index in [1.54, 1.807) is 6.26 Å². The highest BCUT2D eigenvalue weighted by Crippen LogP contribution is 2.24. The second-order valence-electron chi connectivity index (χ2n) is 7.45. The van der Waals surface area contributed by atoms with Gasteiger partial charge in [0.05, 0.1) is 19.2 Å². The van der Waals surface area contributed by atoms with Crippen molar-refractivity contribution in [3.8, 4) is 0 Å². The number of fused-ring (bicyclic) bond motifs is 1. The highest BCUT2D eigenvalue weighted by Gasteiger charge is 2.22. The molecule has 158 valence electrons. The van der Waals surface area contributed by atoms with Crippen LogP contribution in [0.2, 0.25) is 0 Å². The number of hydrogen-bond acceptors (Lipinski definition) is 5. The fourth-order valence-corrected chi connectivity index (χ4v) is 3.56. The predicted octanol–water partition coefficient (Wildman–Crippen LogP) is 2.43. The number of carbonyl (C=O) groups excluding carboxylic acids is 1. The Balaban J connectivity index is 1.66. The van der Waals surface area contributed by atoms with E-state index < -0.39 is 11.2 Å². The van der Waals surface area contributed by atoms with E-state index in [-0.39, 0.29) is 30.4 Å². The Morgan fingerprint density at radius 2 is 1.90 bits per heavy atom. The summed E-state index contributed by atoms with van der Waals surface area (Å²) in [5.41, 5.74) is 8.06. The number of furan rings is 1. The Hall–Kier alpha value is -4.07. The van der Waals surface area contributed by atoms with Gasteiger partial charge in [0.25, 0.3) is 5.56 Å². The number of aromatic nitrogens is 2. The summed E-state index contributed by atoms with van der Waals surface area (Å²) in [5.74, 6) is -0.425. The van der Waals surface area contributed by atoms with Gasteiger partial charge in [0.15, 0.2) is 5.69 Å². The molecule has 0 aliphatic rings. The van der Waals surface area contributed by atoms with Gasteiger partial charge in [-0.1, -0.05) is 42.5 Å². The number of rotatable bonds is 5. The third-order valence-corrected chi connectivity index (χ3v) is 5.26. The molecule has 0 unspecified atom stereocenters. The number of nitrogens with zero attached hydrogens (tertiary/aromatic N) is 2. The average Bonchev–Trinajstić information content (AvgIpc) is 3.13. The van der Waals surface area contributed by atoms with Crippen LogP contribution in [0, 0.1) is 6.92 Å². The molecule has 0 saturated carbocycles. The third-order valence-electron chi connectivity index (χ3n) is 5.26. The van der Waals surface area contributed by atoms with Crippen molar-refractivity contribution in [2.45, 2.75) is 19.9 Å². The first kappa shape index (κ1) is 20.2. The fraction of sp³-hybridized carbons (Fsp3) is 0.174. The van der Waals surface area contributed by atoms with Gasteiger partial charge in [-0.3, -0.25) is 19.1 Å². The van der Waals surface area contributed by atoms with Gasteiger partial charge in [0, 0.05) is 18.0 Å². The molecule has 0 aliphatic heterocycles. The Bertz CT molecular complexity index is 1380. The van der Waals surface area contributed by atoms with Gasteiger partial charge in [-0.2, -0.15) is 0 Å². The number of anilines is 2. The van der Waals surface area contributed by atoms with Gasteiger partial charge in [0.1, 0.15) is 11.4 Å². The number of benzene rings is 2. The number of likely N-dealkylation sites (N-methyl/N-ethyl adjacent to an activating group) is 1. The number of nitrogens with one attached hydrogen (secondary N) is 1. The minimum absolute atomic E-state index is 0.0171. The molecule has 0 bridgehead atoms. The molecule has 2 heterocycles. The molecule has 3 N–H and O–H groups in total. The van der Waals surface area contributed by atoms with Crippen LogP contribution in [0.1, 0.15) is 16.7 Å². The molecule has 31 heavy (non-hydrogen) atoms. The van der Waals surface area contributed by atoms with Gasteiger partial charge in [-0.25, -0.2) is 4.79 Å². The Morgan fingerprint density at radius 3 is 2.65 bits per heavy atom. The zero-order chi connectivity index (χ0) is 22.1. The summed E-state index contributed by atoms with van der Waals surface area (Å²) < 4.78 is 6.80. The largest absolute Gasteiger partial charge is 0.464 e. The fourth-order valence-electron chi connectivity index (χ4n) is 3.56. The van der Waals surface area contributed by atoms with E-state index in [0.717, 1.165) is 16.5 Å². The molecule has 4 rings (SSSR count). The first-order valence-electron chi connectivity index (χ1n) is 9.75. The summed E-state index contributed by atoms with van der Waals surface area (Å²) in [4.78, 5) is 41.3. The summed E-state index contributed by atoms with van der Waals surface area (Å²) >= 11 is 0. The van der Waals surface area contributed by atoms with Gasteiger partial charge in [-0.05, 0) is 24.1 Å². The molecular formula is C23H22N4O4. The number of aromatic amines is 1. The zero-order valence-corrected chi connectivity index (χ0v) is 17.2. The lowest BCUT2D eigenvalue weighted by Gasteiger charge is -2.20. The second-order valence-corrected chi connectivity index (χ2v) is 7.45. The number of nitrogen functional groups attached to an aromatic ring is 1. The molecule has 0 radical (unpaired) electrons. The van der Waals surface area contributed by atoms with E-state index in [0.29, 0.717) is 11.1 Å². The van der Waals surface area contributed by atoms with Crippen molar-refractivity contribution < 1.29 is 9.21 Å². The molecule has 0 spiro atoms. The molecule has 0 fully saturated rings. The number of nitrogens with two attached hydrogens (primary N) is 1. The summed E-state index contributed by atoms with van der Waals surface area (Å²) in [7, 11) is 1.47. The number of carbonyl (C=O) groups is 1. The number of amides is 1. The molecule has 0 aliphatic carbocycles. The lowest BCUT2D eigenvalue weighted by Crippen LogP contribution is -2.39. The Morgan fingerprint density at radius 1 is 1.16 bits per heavy atom. The summed E-state index contributed by atoms with van der Waals surface area (Å²) in [6.45, 7) is 2.13. The minimum atomic E-state index is -0.713. The van der Waals surface area contributed by atoms with Crippen LogP contribution in [0.15, 0.2) is 68.8 Å². The van der Waals surface area contributed by atoms with Gasteiger partial charge in [0.2, 0.25) is 5.91 Å². The quantitative estimate of drug-likeness (QED) is 0.517. The van der Waals surface area contributed by atoms with Crippen molar-refractivity contribution in [3.05, 3.63) is 92.3 Å². The molecule has 8 heteroatoms. The van der Waals surface area contributed by atoms with Gasteiger partial charge >= 0.3 is 5.69 Å². The summed E-state index contributed by atoms with van der Waals surface area (Å²) in [6.07, 6.45) is 1.56. The first-order valence-corrected chi connectivity index (χ1v) is 9.75. The van der Waals surface area contributed by atoms with Crippen LogP contribution in [-0.2, 0) is 17.8 Å². The topological polar surface area (TPSA) is 114 Å². The number of aryl methyl sites for hydroxylation is 1. The van der Waals surface area contributed by atoms with Crippen LogP contribution in [0.25, 0.3) is 11.0 Å². The van der Waals surface area contributed by atoms with E-state index in [1.807, 2.05) is 55.5 Å². The van der Waals surface area contributed by atoms with Crippen LogP contribution in [-0.4, -0.2) is 22.5 Å². The molecule has 0 atom stereocenters. The second kappa shape index (κ2) is 7.98. The lowest BCUT2D eigenvalue weighted by atomic mass is 10.1. The first-order chi connectivity index (χ1) is 14.8. The van der Waals surface area contributed by atoms with Crippen LogP contribution in [0.4, 0.5) is 11.5 Å². The van der Waals surface area contributed by atoms with E-state index in [1.165, 1.54) is 16.5 Å². The lowest BCUT2D eigenvalue weighted by molar-refractivity contribution is -0.117. The molecule has 2 aromatic heterocycles. The smallest absolute Gasteiger partial charge is 0.330 e. The highest BCUT2D eigenvalue weighted by molar-refractivity contribution is 5.98. The monoisotopic (exact) mass is 418 g/mol. The maximum absolute atomic E-state index is 13.0. The molecule has 4 aromatic rings. The predicted molar refractivity (Wildman–Crippen MR) is 119 cm³/mol. The van der Waals surface area contributed by atoms with Crippen molar-refractivity contribution in [3.63, 3.8) is 0 Å². The molecule has 0 saturated heterocycles. The molecular weight excluding hydrogens is 396 g/mol. The SMILES string of the molecule is Cc1ccc2c(CC(=O)N(C)c3c(N)n(Cc4ccccc4)c(=O)[nH]c3=O)coc2c1. The van der Waals surface area contributed by atoms with Crippen LogP contribution < -0.4 is 21.9 Å². The molecule has 2 aromatic carbocycles. The minimum Gasteiger partial charge on any atom is -0.464 e. The zero-order valence-electron chi connectivity index (χ0n) is 17.2. The maximum atomic E-state index is 13.0. The van der Waals surface area contributed by atoms with E-state index in [4.69, 9.17) is 10.2 Å². The number of hydrogen-bond donors (Lipinski definition) is 2. The number of H-pyrrole nitrogens is 1. The Kier molecular flexibility index (Phi) is 5.21.